The molecule has 5 heterocycles. The van der Waals surface area contributed by atoms with Crippen LogP contribution in [0.5, 0.6) is 5.75 Å². The van der Waals surface area contributed by atoms with Gasteiger partial charge in [-0.25, -0.2) is 19.6 Å². The summed E-state index contributed by atoms with van der Waals surface area (Å²) in [4.78, 5) is 73.7. The van der Waals surface area contributed by atoms with Crippen molar-refractivity contribution in [1.82, 2.24) is 40.4 Å². The molecule has 4 amide bonds. The van der Waals surface area contributed by atoms with Gasteiger partial charge in [0.25, 0.3) is 5.91 Å². The van der Waals surface area contributed by atoms with Gasteiger partial charge in [0.2, 0.25) is 5.91 Å². The number of H-pyrrole nitrogens is 2. The molecule has 0 bridgehead atoms. The Morgan fingerprint density at radius 1 is 0.846 bits per heavy atom. The van der Waals surface area contributed by atoms with E-state index in [0.717, 1.165) is 74.2 Å². The zero-order valence-corrected chi connectivity index (χ0v) is 36.9. The molecule has 2 saturated heterocycles. The minimum Gasteiger partial charge on any atom is -0.488 e. The summed E-state index contributed by atoms with van der Waals surface area (Å²) in [5.74, 6) is 2.13. The highest BCUT2D eigenvalue weighted by molar-refractivity contribution is 6.07. The fourth-order valence-corrected chi connectivity index (χ4v) is 10.2. The number of ether oxygens (including phenoxy) is 4. The van der Waals surface area contributed by atoms with E-state index in [4.69, 9.17) is 28.9 Å². The van der Waals surface area contributed by atoms with Crippen molar-refractivity contribution >= 4 is 45.8 Å². The van der Waals surface area contributed by atoms with Crippen LogP contribution in [0, 0.1) is 17.8 Å². The Bertz CT molecular complexity index is 2820. The minimum atomic E-state index is -0.947. The Kier molecular flexibility index (Phi) is 10.9. The smallest absolute Gasteiger partial charge is 0.407 e. The first-order valence-corrected chi connectivity index (χ1v) is 22.2. The third kappa shape index (κ3) is 7.68. The number of piperidine rings is 1. The number of nitrogens with one attached hydrogen (secondary N) is 4. The zero-order chi connectivity index (χ0) is 45.1. The van der Waals surface area contributed by atoms with E-state index >= 15 is 0 Å². The molecule has 3 fully saturated rings. The second-order valence-corrected chi connectivity index (χ2v) is 18.0. The summed E-state index contributed by atoms with van der Waals surface area (Å²) in [5, 5.41) is 7.45. The van der Waals surface area contributed by atoms with Crippen molar-refractivity contribution in [1.29, 1.82) is 0 Å². The highest BCUT2D eigenvalue weighted by Gasteiger charge is 2.56. The van der Waals surface area contributed by atoms with E-state index in [1.165, 1.54) is 14.2 Å². The SMILES string of the molecule is COC[C@H]1C[C@@H](c2ncc(-c3ccc4c(c3)COc3cc5c(ccc6[nH]c([C@@H]7C[C@@H]8C[C@@H]8N7C(=O)[C@@H](NC(=O)OC)C(C)C)nc65)cc3-4)[nH]2)N(C(=O)[C@H](NC(=O)OC)c2ccccc2)C1. The number of carbonyl (C=O) groups is 4. The first-order valence-electron chi connectivity index (χ1n) is 22.2. The number of aromatic nitrogens is 4. The molecule has 3 aliphatic heterocycles. The number of hydrogen-bond acceptors (Lipinski definition) is 10. The van der Waals surface area contributed by atoms with Gasteiger partial charge in [-0.2, -0.15) is 0 Å². The molecule has 1 aliphatic carbocycles. The fourth-order valence-electron chi connectivity index (χ4n) is 10.2. The van der Waals surface area contributed by atoms with Gasteiger partial charge in [-0.1, -0.05) is 62.4 Å². The number of fused-ring (bicyclic) bond motifs is 7. The van der Waals surface area contributed by atoms with E-state index < -0.39 is 24.3 Å². The van der Waals surface area contributed by atoms with Crippen molar-refractivity contribution in [3.05, 3.63) is 102 Å². The molecule has 336 valence electrons. The molecule has 4 aromatic carbocycles. The van der Waals surface area contributed by atoms with Crippen LogP contribution in [0.15, 0.2) is 79.0 Å². The summed E-state index contributed by atoms with van der Waals surface area (Å²) in [5.41, 5.74) is 7.14. The van der Waals surface area contributed by atoms with Crippen LogP contribution in [0.25, 0.3) is 44.2 Å². The molecule has 10 rings (SSSR count). The Hall–Kier alpha value is -6.94. The second kappa shape index (κ2) is 16.9. The zero-order valence-electron chi connectivity index (χ0n) is 36.9. The van der Waals surface area contributed by atoms with Crippen molar-refractivity contribution < 1.29 is 38.1 Å². The predicted octanol–water partition coefficient (Wildman–Crippen LogP) is 7.34. The average molecular weight is 881 g/mol. The molecule has 65 heavy (non-hydrogen) atoms. The standard InChI is InChI=1S/C49H52N8O8/c1-25(2)41(54-48(60)63-4)47(59)57-37-18-30(37)19-39(57)45-51-35-14-12-28-17-34-32-13-11-29(16-31(32)24-65-40(34)20-33(28)43(35)53-45)36-21-50-44(52-36)38-15-26(23-62-3)22-56(38)46(58)42(55-49(61)64-5)27-9-7-6-8-10-27/h6-14,16-17,20-21,25-26,30,37-39,41-42H,15,18-19,22-24H2,1-5H3,(H,50,52)(H,51,53)(H,54,60)(H,55,61)/t26-,30-,37-,38-,39-,41-,42+/m0/s1. The number of hydrogen-bond donors (Lipinski definition) is 4. The largest absolute Gasteiger partial charge is 0.488 e. The molecule has 4 aliphatic rings. The number of rotatable bonds is 11. The third-order valence-corrected chi connectivity index (χ3v) is 13.6. The van der Waals surface area contributed by atoms with Gasteiger partial charge >= 0.3 is 12.2 Å². The number of benzene rings is 4. The number of imidazole rings is 2. The summed E-state index contributed by atoms with van der Waals surface area (Å²) >= 11 is 0. The molecule has 0 radical (unpaired) electrons. The fraction of sp³-hybridized carbons (Fsp3) is 0.388. The number of aromatic amines is 2. The number of methoxy groups -OCH3 is 3. The van der Waals surface area contributed by atoms with Gasteiger partial charge in [-0.05, 0) is 83.0 Å². The second-order valence-electron chi connectivity index (χ2n) is 18.0. The predicted molar refractivity (Wildman–Crippen MR) is 240 cm³/mol. The van der Waals surface area contributed by atoms with E-state index in [1.807, 2.05) is 55.1 Å². The van der Waals surface area contributed by atoms with Crippen LogP contribution in [0.4, 0.5) is 9.59 Å². The maximum atomic E-state index is 14.3. The summed E-state index contributed by atoms with van der Waals surface area (Å²) < 4.78 is 21.7. The molecule has 0 spiro atoms. The van der Waals surface area contributed by atoms with Gasteiger partial charge in [-0.3, -0.25) is 9.59 Å². The Balaban J connectivity index is 0.908. The quantitative estimate of drug-likeness (QED) is 0.102. The minimum absolute atomic E-state index is 0.0694. The van der Waals surface area contributed by atoms with Crippen LogP contribution in [-0.4, -0.2) is 100 Å². The van der Waals surface area contributed by atoms with E-state index in [0.29, 0.717) is 43.5 Å². The molecule has 4 N–H and O–H groups in total. The molecular weight excluding hydrogens is 829 g/mol. The van der Waals surface area contributed by atoms with Crippen LogP contribution < -0.4 is 15.4 Å². The van der Waals surface area contributed by atoms with Crippen molar-refractivity contribution in [2.75, 3.05) is 34.5 Å². The first-order chi connectivity index (χ1) is 31.5. The molecule has 7 atom stereocenters. The lowest BCUT2D eigenvalue weighted by Gasteiger charge is -2.31. The summed E-state index contributed by atoms with van der Waals surface area (Å²) in [7, 11) is 4.23. The van der Waals surface area contributed by atoms with E-state index in [1.54, 1.807) is 18.2 Å². The van der Waals surface area contributed by atoms with Gasteiger partial charge in [0.05, 0.1) is 55.8 Å². The molecule has 1 saturated carbocycles. The monoisotopic (exact) mass is 880 g/mol. The molecule has 16 nitrogen and oxygen atoms in total. The van der Waals surface area contributed by atoms with Crippen LogP contribution >= 0.6 is 0 Å². The summed E-state index contributed by atoms with van der Waals surface area (Å²) in [6.07, 6.45) is 2.88. The van der Waals surface area contributed by atoms with E-state index in [2.05, 4.69) is 57.0 Å². The number of nitrogens with zero attached hydrogens (tertiary/aromatic N) is 4. The third-order valence-electron chi connectivity index (χ3n) is 13.6. The molecule has 16 heteroatoms. The van der Waals surface area contributed by atoms with Crippen LogP contribution in [0.2, 0.25) is 0 Å². The maximum absolute atomic E-state index is 14.3. The van der Waals surface area contributed by atoms with Gasteiger partial charge < -0.3 is 49.3 Å². The lowest BCUT2D eigenvalue weighted by molar-refractivity contribution is -0.137. The summed E-state index contributed by atoms with van der Waals surface area (Å²) in [6.45, 7) is 5.12. The van der Waals surface area contributed by atoms with Crippen molar-refractivity contribution in [3.8, 4) is 28.1 Å². The lowest BCUT2D eigenvalue weighted by atomic mass is 9.92. The van der Waals surface area contributed by atoms with Gasteiger partial charge in [0.15, 0.2) is 0 Å². The summed E-state index contributed by atoms with van der Waals surface area (Å²) in [6, 6.07) is 21.6. The highest BCUT2D eigenvalue weighted by Crippen LogP contribution is 2.54. The molecule has 6 aromatic rings. The van der Waals surface area contributed by atoms with Crippen LogP contribution in [0.1, 0.15) is 74.0 Å². The topological polar surface area (TPSA) is 193 Å². The number of likely N-dealkylation sites (tertiary alicyclic amines) is 2. The van der Waals surface area contributed by atoms with Crippen molar-refractivity contribution in [2.45, 2.75) is 69.9 Å². The maximum Gasteiger partial charge on any atom is 0.407 e. The normalized spacial score (nSPS) is 21.6. The van der Waals surface area contributed by atoms with Crippen molar-refractivity contribution in [3.63, 3.8) is 0 Å². The number of carbonyl (C=O) groups excluding carboxylic acids is 4. The van der Waals surface area contributed by atoms with Gasteiger partial charge in [-0.15, -0.1) is 0 Å². The van der Waals surface area contributed by atoms with E-state index in [9.17, 15) is 19.2 Å². The highest BCUT2D eigenvalue weighted by atomic mass is 16.5. The lowest BCUT2D eigenvalue weighted by Crippen LogP contribution is -2.52. The molecule has 0 unspecified atom stereocenters. The Morgan fingerprint density at radius 2 is 1.65 bits per heavy atom. The number of alkyl carbamates (subject to hydrolysis) is 2. The van der Waals surface area contributed by atoms with Crippen LogP contribution in [0.3, 0.4) is 0 Å². The average Bonchev–Trinajstić information content (AvgIpc) is 3.79. The van der Waals surface area contributed by atoms with Crippen LogP contribution in [-0.2, 0) is 30.4 Å². The van der Waals surface area contributed by atoms with Gasteiger partial charge in [0, 0.05) is 36.6 Å². The van der Waals surface area contributed by atoms with E-state index in [-0.39, 0.29) is 41.8 Å². The number of amides is 4. The van der Waals surface area contributed by atoms with Gasteiger partial charge in [0.1, 0.15) is 36.1 Å². The molecular formula is C49H52N8O8. The Morgan fingerprint density at radius 3 is 2.42 bits per heavy atom. The first kappa shape index (κ1) is 42.0. The molecule has 2 aromatic heterocycles. The Labute approximate surface area is 375 Å². The van der Waals surface area contributed by atoms with Crippen molar-refractivity contribution in [2.24, 2.45) is 17.8 Å².